The van der Waals surface area contributed by atoms with Gasteiger partial charge < -0.3 is 25.2 Å². The van der Waals surface area contributed by atoms with Crippen LogP contribution in [0, 0.1) is 0 Å². The number of carboxylic acid groups (broad SMARTS) is 1. The number of amides is 1. The van der Waals surface area contributed by atoms with E-state index >= 15 is 0 Å². The zero-order chi connectivity index (χ0) is 25.4. The quantitative estimate of drug-likeness (QED) is 0.278. The third-order valence-corrected chi connectivity index (χ3v) is 5.63. The number of aliphatic hydroxyl groups is 2. The number of nitrogens with one attached hydrogen (secondary N) is 1. The van der Waals surface area contributed by atoms with Crippen LogP contribution in [0.25, 0.3) is 11.3 Å². The second kappa shape index (κ2) is 14.2. The zero-order valence-corrected chi connectivity index (χ0v) is 20.0. The second-order valence-electron chi connectivity index (χ2n) is 8.78. The van der Waals surface area contributed by atoms with E-state index in [1.807, 2.05) is 54.8 Å². The molecule has 0 saturated heterocycles. The van der Waals surface area contributed by atoms with Gasteiger partial charge in [-0.1, -0.05) is 30.3 Å². The average Bonchev–Trinajstić information content (AvgIpc) is 3.22. The summed E-state index contributed by atoms with van der Waals surface area (Å²) in [4.78, 5) is 32.9. The van der Waals surface area contributed by atoms with Crippen LogP contribution < -0.4 is 5.32 Å². The number of aromatic nitrogens is 3. The van der Waals surface area contributed by atoms with Gasteiger partial charge in [0.05, 0.1) is 24.3 Å². The number of aliphatic hydroxyl groups excluding tert-OH is 2. The van der Waals surface area contributed by atoms with E-state index in [9.17, 15) is 19.8 Å². The predicted molar refractivity (Wildman–Crippen MR) is 138 cm³/mol. The number of imidazole rings is 1. The van der Waals surface area contributed by atoms with E-state index in [2.05, 4.69) is 10.3 Å². The molecule has 9 nitrogen and oxygen atoms in total. The van der Waals surface area contributed by atoms with Gasteiger partial charge in [-0.05, 0) is 50.8 Å². The van der Waals surface area contributed by atoms with Gasteiger partial charge in [-0.2, -0.15) is 0 Å². The molecule has 0 unspecified atom stereocenters. The fourth-order valence-electron chi connectivity index (χ4n) is 4.03. The van der Waals surface area contributed by atoms with Gasteiger partial charge in [0, 0.05) is 36.2 Å². The summed E-state index contributed by atoms with van der Waals surface area (Å²) in [5.74, 6) is -1.16. The molecule has 2 aromatic heterocycles. The van der Waals surface area contributed by atoms with Crippen LogP contribution >= 0.6 is 0 Å². The summed E-state index contributed by atoms with van der Waals surface area (Å²) in [6, 6.07) is 13.2. The molecule has 36 heavy (non-hydrogen) atoms. The molecule has 0 aliphatic carbocycles. The van der Waals surface area contributed by atoms with Gasteiger partial charge in [0.1, 0.15) is 0 Å². The van der Waals surface area contributed by atoms with Crippen molar-refractivity contribution in [2.75, 3.05) is 0 Å². The van der Waals surface area contributed by atoms with Gasteiger partial charge in [0.15, 0.2) is 5.82 Å². The molecule has 10 heteroatoms. The first-order valence-electron chi connectivity index (χ1n) is 11.7. The monoisotopic (exact) mass is 504 g/mol. The summed E-state index contributed by atoms with van der Waals surface area (Å²) in [6.07, 6.45) is 1.48. The minimum atomic E-state index is -1.13. The SMILES string of the molecule is CC(C)n1c(C(=O)NCc2ccccc2)nc(-c2cccnc2)c1CC[C@@H](O)C[C@@H](O)CC(=O)O.[NaH]. The summed E-state index contributed by atoms with van der Waals surface area (Å²) >= 11 is 0. The Morgan fingerprint density at radius 2 is 1.78 bits per heavy atom. The third kappa shape index (κ3) is 8.25. The van der Waals surface area contributed by atoms with Crippen molar-refractivity contribution < 1.29 is 24.9 Å². The molecule has 188 valence electrons. The van der Waals surface area contributed by atoms with Crippen molar-refractivity contribution >= 4 is 41.4 Å². The Bertz CT molecular complexity index is 1120. The van der Waals surface area contributed by atoms with Crippen LogP contribution in [0.1, 0.15) is 61.0 Å². The Labute approximate surface area is 232 Å². The molecule has 0 radical (unpaired) electrons. The Hall–Kier alpha value is -2.56. The molecule has 2 heterocycles. The molecule has 0 spiro atoms. The summed E-state index contributed by atoms with van der Waals surface area (Å²) in [6.45, 7) is 4.28. The van der Waals surface area contributed by atoms with Gasteiger partial charge >= 0.3 is 35.5 Å². The number of carbonyl (C=O) groups excluding carboxylic acids is 1. The standard InChI is InChI=1S/C26H32N4O5.Na.H/c1-17(2)30-22(11-10-20(31)13-21(32)14-23(33)34)24(19-9-6-12-27-16-19)29-25(30)26(35)28-15-18-7-4-3-5-8-18;;/h3-9,12,16-17,20-21,31-32H,10-11,13-15H2,1-2H3,(H,28,35)(H,33,34);;/t20-,21-;;/m1../s1. The first-order chi connectivity index (χ1) is 16.8. The van der Waals surface area contributed by atoms with Crippen molar-refractivity contribution in [3.05, 3.63) is 71.9 Å². The van der Waals surface area contributed by atoms with Crippen LogP contribution in [0.5, 0.6) is 0 Å². The topological polar surface area (TPSA) is 138 Å². The minimum absolute atomic E-state index is 0. The van der Waals surface area contributed by atoms with Gasteiger partial charge in [-0.3, -0.25) is 14.6 Å². The Kier molecular flexibility index (Phi) is 11.7. The first kappa shape index (κ1) is 29.7. The van der Waals surface area contributed by atoms with Gasteiger partial charge in [-0.15, -0.1) is 0 Å². The maximum atomic E-state index is 13.2. The van der Waals surface area contributed by atoms with Crippen molar-refractivity contribution in [1.82, 2.24) is 19.9 Å². The van der Waals surface area contributed by atoms with Crippen molar-refractivity contribution in [3.63, 3.8) is 0 Å². The van der Waals surface area contributed by atoms with Crippen LogP contribution in [0.3, 0.4) is 0 Å². The summed E-state index contributed by atoms with van der Waals surface area (Å²) in [7, 11) is 0. The number of nitrogens with zero attached hydrogens (tertiary/aromatic N) is 3. The van der Waals surface area contributed by atoms with Crippen LogP contribution in [-0.4, -0.2) is 83.5 Å². The number of benzene rings is 1. The van der Waals surface area contributed by atoms with Crippen LogP contribution in [-0.2, 0) is 17.8 Å². The number of pyridine rings is 1. The molecule has 1 aromatic carbocycles. The molecule has 0 fully saturated rings. The number of hydrogen-bond donors (Lipinski definition) is 4. The van der Waals surface area contributed by atoms with E-state index in [-0.39, 0.29) is 60.2 Å². The molecule has 0 bridgehead atoms. The molecule has 1 amide bonds. The first-order valence-corrected chi connectivity index (χ1v) is 11.7. The van der Waals surface area contributed by atoms with Crippen LogP contribution in [0.4, 0.5) is 0 Å². The van der Waals surface area contributed by atoms with Crippen molar-refractivity contribution in [1.29, 1.82) is 0 Å². The van der Waals surface area contributed by atoms with E-state index in [1.54, 1.807) is 18.5 Å². The van der Waals surface area contributed by atoms with Gasteiger partial charge in [0.25, 0.3) is 5.91 Å². The van der Waals surface area contributed by atoms with E-state index in [4.69, 9.17) is 10.1 Å². The van der Waals surface area contributed by atoms with Gasteiger partial charge in [0.2, 0.25) is 0 Å². The maximum absolute atomic E-state index is 13.2. The number of rotatable bonds is 12. The van der Waals surface area contributed by atoms with Crippen LogP contribution in [0.2, 0.25) is 0 Å². The number of aliphatic carboxylic acids is 1. The third-order valence-electron chi connectivity index (χ3n) is 5.63. The molecule has 2 atom stereocenters. The summed E-state index contributed by atoms with van der Waals surface area (Å²) < 4.78 is 1.86. The van der Waals surface area contributed by atoms with E-state index in [0.29, 0.717) is 18.7 Å². The number of carbonyl (C=O) groups is 2. The second-order valence-corrected chi connectivity index (χ2v) is 8.78. The molecule has 0 saturated carbocycles. The Morgan fingerprint density at radius 3 is 2.39 bits per heavy atom. The average molecular weight is 505 g/mol. The molecule has 4 N–H and O–H groups in total. The van der Waals surface area contributed by atoms with Crippen molar-refractivity contribution in [2.24, 2.45) is 0 Å². The normalized spacial score (nSPS) is 12.6. The molecule has 0 aliphatic heterocycles. The molecule has 3 aromatic rings. The summed E-state index contributed by atoms with van der Waals surface area (Å²) in [5.41, 5.74) is 3.10. The molecule has 3 rings (SSSR count). The summed E-state index contributed by atoms with van der Waals surface area (Å²) in [5, 5.41) is 32.1. The fourth-order valence-corrected chi connectivity index (χ4v) is 4.03. The molecule has 0 aliphatic rings. The van der Waals surface area contributed by atoms with E-state index < -0.39 is 24.6 Å². The Balaban J connectivity index is 0.00000456. The molecular formula is C26H33N4NaO5. The fraction of sp³-hybridized carbons (Fsp3) is 0.385. The van der Waals surface area contributed by atoms with E-state index in [0.717, 1.165) is 16.8 Å². The number of hydrogen-bond acceptors (Lipinski definition) is 6. The number of carboxylic acids is 1. The zero-order valence-electron chi connectivity index (χ0n) is 20.0. The van der Waals surface area contributed by atoms with E-state index in [1.165, 1.54) is 0 Å². The van der Waals surface area contributed by atoms with Crippen LogP contribution in [0.15, 0.2) is 54.9 Å². The Morgan fingerprint density at radius 1 is 1.06 bits per heavy atom. The van der Waals surface area contributed by atoms with Crippen molar-refractivity contribution in [3.8, 4) is 11.3 Å². The van der Waals surface area contributed by atoms with Crippen molar-refractivity contribution in [2.45, 2.75) is 64.3 Å². The van der Waals surface area contributed by atoms with Gasteiger partial charge in [-0.25, -0.2) is 4.98 Å². The predicted octanol–water partition coefficient (Wildman–Crippen LogP) is 2.33. The molecular weight excluding hydrogens is 471 g/mol.